The molecule has 13 heavy (non-hydrogen) atoms. The SMILES string of the molecule is [Cl][Nb][Cl].[cH-]1[cH-][cH-][cH-][cH-]1.c1cc[cH-]c1. The van der Waals surface area contributed by atoms with Crippen LogP contribution >= 0.6 is 18.4 Å². The van der Waals surface area contributed by atoms with Crippen molar-refractivity contribution in [2.45, 2.75) is 0 Å². The van der Waals surface area contributed by atoms with Crippen molar-refractivity contribution in [3.05, 3.63) is 60.7 Å². The van der Waals surface area contributed by atoms with Crippen molar-refractivity contribution in [2.75, 3.05) is 0 Å². The van der Waals surface area contributed by atoms with E-state index < -0.39 is 17.6 Å². The van der Waals surface area contributed by atoms with Gasteiger partial charge in [0.25, 0.3) is 0 Å². The van der Waals surface area contributed by atoms with Crippen LogP contribution in [-0.4, -0.2) is 0 Å². The van der Waals surface area contributed by atoms with Crippen molar-refractivity contribution in [3.8, 4) is 0 Å². The van der Waals surface area contributed by atoms with Crippen molar-refractivity contribution in [2.24, 2.45) is 0 Å². The van der Waals surface area contributed by atoms with Crippen LogP contribution in [0.25, 0.3) is 0 Å². The van der Waals surface area contributed by atoms with Crippen LogP contribution in [0.1, 0.15) is 0 Å². The number of rotatable bonds is 0. The molecular formula is C10H10Cl2Nb-6. The molecule has 0 saturated heterocycles. The van der Waals surface area contributed by atoms with Gasteiger partial charge in [-0.25, -0.2) is 12.1 Å². The van der Waals surface area contributed by atoms with Crippen LogP contribution in [0, 0.1) is 0 Å². The third-order valence-electron chi connectivity index (χ3n) is 1.11. The Hall–Kier alpha value is 0.0203. The molecule has 0 bridgehead atoms. The molecule has 0 fully saturated rings. The smallest absolute Gasteiger partial charge is 0.172 e. The van der Waals surface area contributed by atoms with E-state index in [1.807, 2.05) is 60.7 Å². The van der Waals surface area contributed by atoms with Crippen LogP contribution < -0.4 is 0 Å². The summed E-state index contributed by atoms with van der Waals surface area (Å²) in [5.41, 5.74) is 0. The second-order valence-electron chi connectivity index (χ2n) is 1.99. The van der Waals surface area contributed by atoms with Gasteiger partial charge in [-0.2, -0.15) is 18.2 Å². The molecule has 2 aromatic carbocycles. The predicted octanol–water partition coefficient (Wildman–Crippen LogP) is 4.19. The Labute approximate surface area is 96.2 Å². The van der Waals surface area contributed by atoms with Crippen molar-refractivity contribution in [3.63, 3.8) is 0 Å². The maximum atomic E-state index is 4.91. The zero-order chi connectivity index (χ0) is 9.78. The summed E-state index contributed by atoms with van der Waals surface area (Å²) < 4.78 is 0. The first-order valence-electron chi connectivity index (χ1n) is 3.67. The maximum Gasteiger partial charge on any atom is -0.172 e. The molecule has 0 aliphatic carbocycles. The van der Waals surface area contributed by atoms with E-state index in [2.05, 4.69) is 0 Å². The van der Waals surface area contributed by atoms with Gasteiger partial charge in [-0.15, -0.1) is 0 Å². The summed E-state index contributed by atoms with van der Waals surface area (Å²) in [6, 6.07) is 20.0. The zero-order valence-corrected chi connectivity index (χ0v) is 10.7. The molecule has 0 aromatic heterocycles. The molecule has 0 heterocycles. The van der Waals surface area contributed by atoms with Crippen LogP contribution in [0.15, 0.2) is 60.7 Å². The second kappa shape index (κ2) is 12.0. The third-order valence-corrected chi connectivity index (χ3v) is 1.11. The molecule has 0 radical (unpaired) electrons. The first-order chi connectivity index (χ1) is 6.41. The van der Waals surface area contributed by atoms with Crippen LogP contribution in [0.5, 0.6) is 0 Å². The monoisotopic (exact) mass is 293 g/mol. The van der Waals surface area contributed by atoms with E-state index in [1.54, 1.807) is 0 Å². The number of hydrogen-bond acceptors (Lipinski definition) is 0. The molecular weight excluding hydrogens is 284 g/mol. The van der Waals surface area contributed by atoms with E-state index >= 15 is 0 Å². The van der Waals surface area contributed by atoms with Gasteiger partial charge in [0.2, 0.25) is 0 Å². The standard InChI is InChI=1S/2C5H5.2ClH.Nb/c2*1-2-4-5-3-1;;;/h2*1-5H;2*1H;/q-5;-1;;;+2/p-2. The Morgan fingerprint density at radius 3 is 1.23 bits per heavy atom. The summed E-state index contributed by atoms with van der Waals surface area (Å²) in [7, 11) is 9.83. The fourth-order valence-electron chi connectivity index (χ4n) is 0.642. The van der Waals surface area contributed by atoms with E-state index in [0.717, 1.165) is 0 Å². The molecule has 75 valence electrons. The van der Waals surface area contributed by atoms with Crippen LogP contribution in [0.2, 0.25) is 0 Å². The molecule has 0 nitrogen and oxygen atoms in total. The van der Waals surface area contributed by atoms with Gasteiger partial charge in [-0.3, -0.25) is 0 Å². The zero-order valence-electron chi connectivity index (χ0n) is 6.98. The summed E-state index contributed by atoms with van der Waals surface area (Å²) in [6.45, 7) is 0. The summed E-state index contributed by atoms with van der Waals surface area (Å²) >= 11 is -0.706. The topological polar surface area (TPSA) is 0 Å². The first-order valence-corrected chi connectivity index (χ1v) is 9.33. The molecule has 0 aliphatic rings. The van der Waals surface area contributed by atoms with Crippen molar-refractivity contribution < 1.29 is 17.6 Å². The Morgan fingerprint density at radius 2 is 1.08 bits per heavy atom. The van der Waals surface area contributed by atoms with Gasteiger partial charge in [0.1, 0.15) is 0 Å². The predicted molar refractivity (Wildman–Crippen MR) is 55.8 cm³/mol. The van der Waals surface area contributed by atoms with Gasteiger partial charge >= 0.3 is 36.0 Å². The second-order valence-corrected chi connectivity index (χ2v) is 5.33. The minimum absolute atomic E-state index is 0.706. The largest absolute Gasteiger partial charge is 0.748 e. The Bertz CT molecular complexity index is 165. The van der Waals surface area contributed by atoms with Gasteiger partial charge in [-0.05, 0) is 0 Å². The molecule has 2 aromatic rings. The number of halogens is 2. The van der Waals surface area contributed by atoms with Gasteiger partial charge in [0.15, 0.2) is 0 Å². The van der Waals surface area contributed by atoms with Gasteiger partial charge in [0.05, 0.1) is 0 Å². The Morgan fingerprint density at radius 1 is 0.769 bits per heavy atom. The molecule has 0 amide bonds. The molecule has 3 heteroatoms. The normalized spacial score (nSPS) is 7.23. The average Bonchev–Trinajstić information content (AvgIpc) is 2.85. The molecule has 2 rings (SSSR count). The van der Waals surface area contributed by atoms with Crippen LogP contribution in [-0.2, 0) is 17.6 Å². The Kier molecular flexibility index (Phi) is 12.0. The maximum absolute atomic E-state index is 4.91. The molecule has 0 saturated carbocycles. The average molecular weight is 294 g/mol. The van der Waals surface area contributed by atoms with E-state index in [4.69, 9.17) is 18.4 Å². The van der Waals surface area contributed by atoms with Crippen molar-refractivity contribution in [1.82, 2.24) is 0 Å². The molecule has 0 spiro atoms. The van der Waals surface area contributed by atoms with Gasteiger partial charge in [0, 0.05) is 0 Å². The molecule has 0 unspecified atom stereocenters. The van der Waals surface area contributed by atoms with Crippen LogP contribution in [0.4, 0.5) is 0 Å². The fourth-order valence-corrected chi connectivity index (χ4v) is 0.642. The summed E-state index contributed by atoms with van der Waals surface area (Å²) in [5, 5.41) is 0. The summed E-state index contributed by atoms with van der Waals surface area (Å²) in [4.78, 5) is 0. The van der Waals surface area contributed by atoms with Crippen molar-refractivity contribution in [1.29, 1.82) is 0 Å². The van der Waals surface area contributed by atoms with E-state index in [1.165, 1.54) is 0 Å². The minimum atomic E-state index is -0.706. The summed E-state index contributed by atoms with van der Waals surface area (Å²) in [6.07, 6.45) is 0. The third kappa shape index (κ3) is 12.0. The van der Waals surface area contributed by atoms with Gasteiger partial charge in [-0.1, -0.05) is 0 Å². The number of hydrogen-bond donors (Lipinski definition) is 0. The van der Waals surface area contributed by atoms with E-state index in [-0.39, 0.29) is 0 Å². The molecule has 0 atom stereocenters. The quantitative estimate of drug-likeness (QED) is 0.505. The molecule has 0 N–H and O–H groups in total. The minimum Gasteiger partial charge on any atom is -0.748 e. The van der Waals surface area contributed by atoms with Crippen LogP contribution in [0.3, 0.4) is 0 Å². The van der Waals surface area contributed by atoms with Gasteiger partial charge < -0.3 is 30.3 Å². The van der Waals surface area contributed by atoms with E-state index in [0.29, 0.717) is 0 Å². The van der Waals surface area contributed by atoms with Crippen molar-refractivity contribution >= 4 is 18.4 Å². The summed E-state index contributed by atoms with van der Waals surface area (Å²) in [5.74, 6) is 0. The van der Waals surface area contributed by atoms with E-state index in [9.17, 15) is 0 Å². The Balaban J connectivity index is 0.000000174. The fraction of sp³-hybridized carbons (Fsp3) is 0. The first kappa shape index (κ1) is 13.0. The molecule has 0 aliphatic heterocycles.